The highest BCUT2D eigenvalue weighted by Gasteiger charge is 2.17. The van der Waals surface area contributed by atoms with Crippen molar-refractivity contribution in [3.63, 3.8) is 0 Å². The number of hydrogen-bond donors (Lipinski definition) is 2. The summed E-state index contributed by atoms with van der Waals surface area (Å²) in [6, 6.07) is 22.2. The van der Waals surface area contributed by atoms with Crippen molar-refractivity contribution in [2.24, 2.45) is 0 Å². The fourth-order valence-corrected chi connectivity index (χ4v) is 4.02. The SMILES string of the molecule is O=C(/C=C/c1ccc(-c2ccccc2[N+](=O)[O-])o1)NC(=S)Nc1cc2nn(-c3ccccc3)nc2cc1Cl. The number of nitro benzene ring substituents is 1. The first-order chi connectivity index (χ1) is 18.4. The van der Waals surface area contributed by atoms with E-state index in [1.54, 1.807) is 42.5 Å². The third kappa shape index (κ3) is 5.43. The molecule has 1 amide bonds. The van der Waals surface area contributed by atoms with Gasteiger partial charge in [-0.15, -0.1) is 10.2 Å². The van der Waals surface area contributed by atoms with E-state index in [1.165, 1.54) is 23.0 Å². The lowest BCUT2D eigenvalue weighted by Gasteiger charge is -2.09. The monoisotopic (exact) mass is 544 g/mol. The van der Waals surface area contributed by atoms with Crippen LogP contribution in [0, 0.1) is 10.1 Å². The first-order valence-corrected chi connectivity index (χ1v) is 11.9. The first-order valence-electron chi connectivity index (χ1n) is 11.1. The zero-order chi connectivity index (χ0) is 26.6. The van der Waals surface area contributed by atoms with Gasteiger partial charge in [0.25, 0.3) is 5.69 Å². The number of anilines is 1. The van der Waals surface area contributed by atoms with E-state index in [-0.39, 0.29) is 10.8 Å². The first kappa shape index (κ1) is 24.8. The van der Waals surface area contributed by atoms with Crippen LogP contribution in [0.4, 0.5) is 11.4 Å². The van der Waals surface area contributed by atoms with Crippen LogP contribution in [0.3, 0.4) is 0 Å². The summed E-state index contributed by atoms with van der Waals surface area (Å²) in [6.45, 7) is 0. The summed E-state index contributed by atoms with van der Waals surface area (Å²) >= 11 is 11.6. The van der Waals surface area contributed by atoms with E-state index in [2.05, 4.69) is 20.8 Å². The van der Waals surface area contributed by atoms with Crippen LogP contribution in [-0.4, -0.2) is 30.9 Å². The van der Waals surface area contributed by atoms with Crippen molar-refractivity contribution in [3.8, 4) is 17.0 Å². The molecule has 0 aliphatic heterocycles. The minimum Gasteiger partial charge on any atom is -0.456 e. The van der Waals surface area contributed by atoms with Crippen LogP contribution in [0.1, 0.15) is 5.76 Å². The Morgan fingerprint density at radius 3 is 2.50 bits per heavy atom. The summed E-state index contributed by atoms with van der Waals surface area (Å²) in [7, 11) is 0. The zero-order valence-electron chi connectivity index (χ0n) is 19.4. The van der Waals surface area contributed by atoms with Gasteiger partial charge in [0.1, 0.15) is 22.6 Å². The Kier molecular flexibility index (Phi) is 6.94. The highest BCUT2D eigenvalue weighted by molar-refractivity contribution is 7.80. The highest BCUT2D eigenvalue weighted by Crippen LogP contribution is 2.31. The lowest BCUT2D eigenvalue weighted by Crippen LogP contribution is -2.32. The molecule has 188 valence electrons. The largest absolute Gasteiger partial charge is 0.456 e. The number of furan rings is 1. The molecule has 38 heavy (non-hydrogen) atoms. The Hall–Kier alpha value is -4.87. The number of nitro groups is 1. The molecule has 3 aromatic carbocycles. The molecule has 5 aromatic rings. The molecule has 5 rings (SSSR count). The van der Waals surface area contributed by atoms with Gasteiger partial charge in [-0.25, -0.2) is 0 Å². The van der Waals surface area contributed by atoms with Gasteiger partial charge in [-0.1, -0.05) is 41.9 Å². The number of benzene rings is 3. The number of rotatable bonds is 6. The van der Waals surface area contributed by atoms with E-state index in [0.717, 1.165) is 5.69 Å². The molecule has 0 unspecified atom stereocenters. The number of fused-ring (bicyclic) bond motifs is 1. The molecule has 0 fully saturated rings. The van der Waals surface area contributed by atoms with Crippen molar-refractivity contribution in [3.05, 3.63) is 106 Å². The lowest BCUT2D eigenvalue weighted by atomic mass is 10.1. The number of para-hydroxylation sites is 2. The summed E-state index contributed by atoms with van der Waals surface area (Å²) in [5.41, 5.74) is 2.70. The Balaban J connectivity index is 1.24. The lowest BCUT2D eigenvalue weighted by molar-refractivity contribution is -0.384. The van der Waals surface area contributed by atoms with Crippen molar-refractivity contribution in [1.29, 1.82) is 0 Å². The van der Waals surface area contributed by atoms with Crippen molar-refractivity contribution in [1.82, 2.24) is 20.3 Å². The number of carbonyl (C=O) groups is 1. The van der Waals surface area contributed by atoms with Gasteiger partial charge in [0.15, 0.2) is 5.11 Å². The number of halogens is 1. The Morgan fingerprint density at radius 2 is 1.74 bits per heavy atom. The molecule has 0 aliphatic rings. The van der Waals surface area contributed by atoms with Crippen LogP contribution in [-0.2, 0) is 4.79 Å². The molecule has 2 aromatic heterocycles. The van der Waals surface area contributed by atoms with E-state index in [1.807, 2.05) is 30.3 Å². The normalized spacial score (nSPS) is 11.1. The van der Waals surface area contributed by atoms with Crippen LogP contribution >= 0.6 is 23.8 Å². The molecular weight excluding hydrogens is 528 g/mol. The average molecular weight is 545 g/mol. The predicted octanol–water partition coefficient (Wildman–Crippen LogP) is 5.77. The van der Waals surface area contributed by atoms with E-state index >= 15 is 0 Å². The van der Waals surface area contributed by atoms with Crippen LogP contribution in [0.5, 0.6) is 0 Å². The van der Waals surface area contributed by atoms with Gasteiger partial charge in [0, 0.05) is 12.1 Å². The second-order valence-electron chi connectivity index (χ2n) is 7.90. The number of nitrogens with one attached hydrogen (secondary N) is 2. The molecule has 0 radical (unpaired) electrons. The number of hydrogen-bond acceptors (Lipinski definition) is 7. The standard InChI is InChI=1S/C26H17ClN6O4S/c27-19-14-21-22(31-32(30-21)16-6-2-1-3-7-16)15-20(19)28-26(38)29-25(34)13-11-17-10-12-24(37-17)18-8-4-5-9-23(18)33(35)36/h1-15H,(H2,28,29,34,38)/b13-11+. The summed E-state index contributed by atoms with van der Waals surface area (Å²) in [4.78, 5) is 24.7. The fraction of sp³-hybridized carbons (Fsp3) is 0. The predicted molar refractivity (Wildman–Crippen MR) is 148 cm³/mol. The number of thiocarbonyl (C=S) groups is 1. The maximum absolute atomic E-state index is 12.4. The smallest absolute Gasteiger partial charge is 0.280 e. The van der Waals surface area contributed by atoms with Gasteiger partial charge in [0.2, 0.25) is 5.91 Å². The van der Waals surface area contributed by atoms with Crippen molar-refractivity contribution >= 4 is 63.3 Å². The number of carbonyl (C=O) groups excluding carboxylic acids is 1. The zero-order valence-corrected chi connectivity index (χ0v) is 20.9. The number of amides is 1. The van der Waals surface area contributed by atoms with Gasteiger partial charge in [-0.3, -0.25) is 20.2 Å². The van der Waals surface area contributed by atoms with E-state index in [9.17, 15) is 14.9 Å². The topological polar surface area (TPSA) is 128 Å². The van der Waals surface area contributed by atoms with Crippen LogP contribution in [0.2, 0.25) is 5.02 Å². The molecule has 0 aliphatic carbocycles. The Morgan fingerprint density at radius 1 is 1.03 bits per heavy atom. The molecule has 12 heteroatoms. The fourth-order valence-electron chi connectivity index (χ4n) is 3.60. The van der Waals surface area contributed by atoms with Gasteiger partial charge in [-0.05, 0) is 60.8 Å². The minimum absolute atomic E-state index is 0.0244. The third-order valence-corrected chi connectivity index (χ3v) is 5.85. The van der Waals surface area contributed by atoms with Gasteiger partial charge in [0.05, 0.1) is 26.9 Å². The molecule has 0 bridgehead atoms. The quantitative estimate of drug-likeness (QED) is 0.119. The summed E-state index contributed by atoms with van der Waals surface area (Å²) < 4.78 is 5.65. The second kappa shape index (κ2) is 10.6. The average Bonchev–Trinajstić information content (AvgIpc) is 3.55. The molecule has 0 spiro atoms. The van der Waals surface area contributed by atoms with Crippen LogP contribution in [0.25, 0.3) is 34.1 Å². The molecule has 0 saturated carbocycles. The second-order valence-corrected chi connectivity index (χ2v) is 8.71. The minimum atomic E-state index is -0.515. The Bertz CT molecular complexity index is 1710. The molecule has 0 saturated heterocycles. The van der Waals surface area contributed by atoms with Crippen molar-refractivity contribution in [2.45, 2.75) is 0 Å². The van der Waals surface area contributed by atoms with E-state index in [4.69, 9.17) is 28.2 Å². The van der Waals surface area contributed by atoms with Gasteiger partial charge >= 0.3 is 0 Å². The highest BCUT2D eigenvalue weighted by atomic mass is 35.5. The third-order valence-electron chi connectivity index (χ3n) is 5.33. The summed E-state index contributed by atoms with van der Waals surface area (Å²) in [5, 5.41) is 26.0. The van der Waals surface area contributed by atoms with Crippen molar-refractivity contribution in [2.75, 3.05) is 5.32 Å². The summed E-state index contributed by atoms with van der Waals surface area (Å²) in [6.07, 6.45) is 2.66. The van der Waals surface area contributed by atoms with Gasteiger partial charge < -0.3 is 9.73 Å². The number of nitrogens with zero attached hydrogens (tertiary/aromatic N) is 4. The van der Waals surface area contributed by atoms with Gasteiger partial charge in [-0.2, -0.15) is 4.80 Å². The van der Waals surface area contributed by atoms with Crippen LogP contribution < -0.4 is 10.6 Å². The maximum atomic E-state index is 12.4. The molecule has 10 nitrogen and oxygen atoms in total. The number of aromatic nitrogens is 3. The van der Waals surface area contributed by atoms with E-state index in [0.29, 0.717) is 38.8 Å². The van der Waals surface area contributed by atoms with E-state index < -0.39 is 10.8 Å². The molecule has 0 atom stereocenters. The molecule has 2 heterocycles. The molecule has 2 N–H and O–H groups in total. The summed E-state index contributed by atoms with van der Waals surface area (Å²) in [5.74, 6) is 0.129. The Labute approximate surface area is 225 Å². The maximum Gasteiger partial charge on any atom is 0.280 e. The van der Waals surface area contributed by atoms with Crippen LogP contribution in [0.15, 0.2) is 89.4 Å². The van der Waals surface area contributed by atoms with Crippen molar-refractivity contribution < 1.29 is 14.1 Å². The molecular formula is C26H17ClN6O4S.